The van der Waals surface area contributed by atoms with Gasteiger partial charge in [0.25, 0.3) is 0 Å². The van der Waals surface area contributed by atoms with E-state index in [2.05, 4.69) is 0 Å². The molecule has 3 aromatic rings. The lowest BCUT2D eigenvalue weighted by Crippen LogP contribution is -2.59. The van der Waals surface area contributed by atoms with Gasteiger partial charge in [0.15, 0.2) is 23.1 Å². The molecule has 1 saturated heterocycles. The Kier molecular flexibility index (Phi) is 7.46. The van der Waals surface area contributed by atoms with Gasteiger partial charge in [-0.2, -0.15) is 0 Å². The van der Waals surface area contributed by atoms with Gasteiger partial charge in [-0.1, -0.05) is 84.5 Å². The number of carbonyl (C=O) groups excluding carboxylic acids is 4. The Morgan fingerprint density at radius 3 is 2.15 bits per heavy atom. The van der Waals surface area contributed by atoms with Crippen LogP contribution in [-0.2, 0) is 24.6 Å². The molecule has 0 radical (unpaired) electrons. The molecule has 6 atom stereocenters. The van der Waals surface area contributed by atoms with Crippen LogP contribution in [0.4, 0.5) is 0 Å². The van der Waals surface area contributed by atoms with Gasteiger partial charge in [0.05, 0.1) is 31.5 Å². The number of imide groups is 1. The number of aromatic hydroxyl groups is 1. The molecule has 0 spiro atoms. The number of ketones is 2. The van der Waals surface area contributed by atoms with Gasteiger partial charge in [0.2, 0.25) is 17.6 Å². The predicted octanol–water partition coefficient (Wildman–Crippen LogP) is 5.41. The second kappa shape index (κ2) is 11.5. The highest BCUT2D eigenvalue weighted by Gasteiger charge is 2.64. The third-order valence-electron chi connectivity index (χ3n) is 10.6. The maximum Gasteiger partial charge on any atom is 0.233 e. The van der Waals surface area contributed by atoms with Crippen molar-refractivity contribution in [1.29, 1.82) is 0 Å². The zero-order valence-corrected chi connectivity index (χ0v) is 26.4. The summed E-state index contributed by atoms with van der Waals surface area (Å²) in [5.41, 5.74) is 1.97. The van der Waals surface area contributed by atoms with E-state index < -0.39 is 35.0 Å². The Morgan fingerprint density at radius 1 is 0.872 bits per heavy atom. The first-order valence-electron chi connectivity index (χ1n) is 15.8. The fraction of sp³-hybridized carbons (Fsp3) is 0.282. The average molecular weight is 630 g/mol. The summed E-state index contributed by atoms with van der Waals surface area (Å²) in [5, 5.41) is 10.5. The van der Waals surface area contributed by atoms with Crippen molar-refractivity contribution in [3.05, 3.63) is 113 Å². The number of carbonyl (C=O) groups is 4. The number of rotatable bonds is 6. The minimum atomic E-state index is -1.30. The van der Waals surface area contributed by atoms with Crippen LogP contribution in [0.5, 0.6) is 17.2 Å². The van der Waals surface area contributed by atoms with Crippen molar-refractivity contribution < 1.29 is 33.8 Å². The molecule has 0 bridgehead atoms. The number of fused-ring (bicyclic) bond motifs is 4. The number of phenols is 1. The van der Waals surface area contributed by atoms with E-state index in [9.17, 15) is 24.3 Å². The highest BCUT2D eigenvalue weighted by Crippen LogP contribution is 2.61. The second-order valence-electron chi connectivity index (χ2n) is 12.7. The van der Waals surface area contributed by atoms with Crippen LogP contribution in [0.2, 0.25) is 0 Å². The van der Waals surface area contributed by atoms with E-state index >= 15 is 0 Å². The summed E-state index contributed by atoms with van der Waals surface area (Å²) in [5.74, 6) is -3.43. The molecule has 3 aliphatic carbocycles. The molecule has 238 valence electrons. The number of ether oxygens (including phenoxy) is 2. The first-order chi connectivity index (χ1) is 22.7. The van der Waals surface area contributed by atoms with E-state index in [1.54, 1.807) is 12.1 Å². The van der Waals surface area contributed by atoms with Gasteiger partial charge < -0.3 is 14.6 Å². The highest BCUT2D eigenvalue weighted by molar-refractivity contribution is 6.31. The van der Waals surface area contributed by atoms with Crippen molar-refractivity contribution in [2.75, 3.05) is 21.3 Å². The summed E-state index contributed by atoms with van der Waals surface area (Å²) in [7, 11) is 4.42. The maximum atomic E-state index is 14.9. The Balaban J connectivity index is 1.47. The molecule has 8 heteroatoms. The van der Waals surface area contributed by atoms with Crippen LogP contribution in [0.1, 0.15) is 29.5 Å². The summed E-state index contributed by atoms with van der Waals surface area (Å²) >= 11 is 0. The number of nitrogens with zero attached hydrogens (tertiary/aromatic N) is 1. The highest BCUT2D eigenvalue weighted by atomic mass is 16.5. The zero-order valence-electron chi connectivity index (χ0n) is 26.4. The van der Waals surface area contributed by atoms with Crippen molar-refractivity contribution in [3.8, 4) is 17.2 Å². The van der Waals surface area contributed by atoms with Crippen LogP contribution >= 0.6 is 0 Å². The lowest BCUT2D eigenvalue weighted by molar-refractivity contribution is -0.139. The predicted molar refractivity (Wildman–Crippen MR) is 175 cm³/mol. The van der Waals surface area contributed by atoms with E-state index in [1.807, 2.05) is 78.9 Å². The SMILES string of the molecule is COc1cc(C=C[C@H]2C3=CC[C@@H]4C(=O)N(C)C(=O)[C@@H]4[C@@H]3C[C@H]3C(=O)C(c4ccccc4)=CC(=O)[C@@]23c2ccccc2)cc(OC)c1O. The van der Waals surface area contributed by atoms with Crippen LogP contribution in [0, 0.1) is 29.6 Å². The molecule has 1 saturated carbocycles. The Hall–Kier alpha value is -5.24. The Bertz CT molecular complexity index is 1870. The number of hydrogen-bond acceptors (Lipinski definition) is 7. The fourth-order valence-corrected chi connectivity index (χ4v) is 8.50. The van der Waals surface area contributed by atoms with Gasteiger partial charge in [0.1, 0.15) is 0 Å². The number of hydrogen-bond donors (Lipinski definition) is 1. The quantitative estimate of drug-likeness (QED) is 0.287. The first-order valence-corrected chi connectivity index (χ1v) is 15.8. The largest absolute Gasteiger partial charge is 0.502 e. The number of methoxy groups -OCH3 is 2. The molecule has 8 nitrogen and oxygen atoms in total. The van der Waals surface area contributed by atoms with Gasteiger partial charge in [-0.15, -0.1) is 0 Å². The smallest absolute Gasteiger partial charge is 0.233 e. The van der Waals surface area contributed by atoms with Crippen LogP contribution in [0.25, 0.3) is 11.6 Å². The van der Waals surface area contributed by atoms with E-state index in [0.29, 0.717) is 23.1 Å². The molecule has 0 unspecified atom stereocenters. The number of allylic oxidation sites excluding steroid dienone is 5. The molecule has 3 aromatic carbocycles. The molecular formula is C39H35NO7. The number of amides is 2. The first kappa shape index (κ1) is 30.4. The van der Waals surface area contributed by atoms with Crippen molar-refractivity contribution in [3.63, 3.8) is 0 Å². The van der Waals surface area contributed by atoms with E-state index in [0.717, 1.165) is 11.1 Å². The average Bonchev–Trinajstić information content (AvgIpc) is 3.32. The van der Waals surface area contributed by atoms with Crippen LogP contribution < -0.4 is 9.47 Å². The second-order valence-corrected chi connectivity index (χ2v) is 12.7. The van der Waals surface area contributed by atoms with Gasteiger partial charge in [0, 0.05) is 24.5 Å². The minimum absolute atomic E-state index is 0.133. The summed E-state index contributed by atoms with van der Waals surface area (Å²) in [6.45, 7) is 0. The molecule has 1 heterocycles. The number of benzene rings is 3. The van der Waals surface area contributed by atoms with Gasteiger partial charge in [-0.05, 0) is 53.7 Å². The van der Waals surface area contributed by atoms with Gasteiger partial charge >= 0.3 is 0 Å². The normalized spacial score (nSPS) is 28.4. The molecule has 7 rings (SSSR count). The Morgan fingerprint density at radius 2 is 1.51 bits per heavy atom. The molecule has 2 amide bonds. The third-order valence-corrected chi connectivity index (χ3v) is 10.6. The lowest BCUT2D eigenvalue weighted by atomic mass is 9.45. The minimum Gasteiger partial charge on any atom is -0.502 e. The standard InChI is InChI=1S/C39H35NO7/c1-40-37(44)26-16-15-25-28(34(26)38(40)45)20-30-35(42)27(23-10-6-4-7-11-23)21-33(41)39(30,24-12-8-5-9-13-24)29(25)17-14-22-18-31(46-2)36(43)32(19-22)47-3/h4-15,17-19,21,26,28-30,34,43H,16,20H2,1-3H3/t26-,28+,29-,30-,34-,39-/m0/s1. The van der Waals surface area contributed by atoms with Crippen LogP contribution in [0.15, 0.2) is 96.6 Å². The summed E-state index contributed by atoms with van der Waals surface area (Å²) in [4.78, 5) is 57.8. The van der Waals surface area contributed by atoms with E-state index in [-0.39, 0.29) is 47.1 Å². The van der Waals surface area contributed by atoms with Crippen molar-refractivity contribution in [2.24, 2.45) is 29.6 Å². The maximum absolute atomic E-state index is 14.9. The molecule has 0 aromatic heterocycles. The van der Waals surface area contributed by atoms with Gasteiger partial charge in [-0.25, -0.2) is 0 Å². The van der Waals surface area contributed by atoms with Gasteiger partial charge in [-0.3, -0.25) is 24.1 Å². The Labute approximate surface area is 273 Å². The lowest BCUT2D eigenvalue weighted by Gasteiger charge is -2.54. The summed E-state index contributed by atoms with van der Waals surface area (Å²) in [6, 6.07) is 22.0. The van der Waals surface area contributed by atoms with E-state index in [4.69, 9.17) is 9.47 Å². The number of Topliss-reactive ketones (excluding diaryl/α,β-unsaturated/α-hetero) is 1. The number of likely N-dealkylation sites (tertiary alicyclic amines) is 1. The topological polar surface area (TPSA) is 110 Å². The van der Waals surface area contributed by atoms with Crippen molar-refractivity contribution in [1.82, 2.24) is 4.90 Å². The van der Waals surface area contributed by atoms with Crippen LogP contribution in [-0.4, -0.2) is 54.7 Å². The number of phenolic OH excluding ortho intramolecular Hbond substituents is 1. The molecule has 1 aliphatic heterocycles. The van der Waals surface area contributed by atoms with Crippen LogP contribution in [0.3, 0.4) is 0 Å². The molecule has 2 fully saturated rings. The third kappa shape index (κ3) is 4.49. The zero-order chi connectivity index (χ0) is 33.0. The fourth-order valence-electron chi connectivity index (χ4n) is 8.50. The summed E-state index contributed by atoms with van der Waals surface area (Å²) < 4.78 is 10.8. The van der Waals surface area contributed by atoms with Crippen molar-refractivity contribution in [2.45, 2.75) is 18.3 Å². The molecule has 4 aliphatic rings. The molecular weight excluding hydrogens is 594 g/mol. The monoisotopic (exact) mass is 629 g/mol. The molecule has 47 heavy (non-hydrogen) atoms. The van der Waals surface area contributed by atoms with Crippen molar-refractivity contribution >= 4 is 35.0 Å². The van der Waals surface area contributed by atoms with E-state index in [1.165, 1.54) is 32.2 Å². The molecule has 1 N–H and O–H groups in total. The summed E-state index contributed by atoms with van der Waals surface area (Å²) in [6.07, 6.45) is 7.93.